The number of aromatic nitrogens is 1. The standard InChI is InChI=1S/C17H24N4O4/c1-21-10-13(20-17(24)14-7-8-18-25-14)4-2-3-11(9-15(21)22)16(23)19-12-5-6-12/h7-8,11-13H,2-6,9-10H2,1H3,(H,19,23)(H,20,24). The Labute approximate surface area is 146 Å². The van der Waals surface area contributed by atoms with E-state index >= 15 is 0 Å². The summed E-state index contributed by atoms with van der Waals surface area (Å²) in [6.07, 6.45) is 5.81. The van der Waals surface area contributed by atoms with Gasteiger partial charge in [-0.3, -0.25) is 14.4 Å². The fourth-order valence-corrected chi connectivity index (χ4v) is 3.08. The topological polar surface area (TPSA) is 105 Å². The van der Waals surface area contributed by atoms with E-state index in [4.69, 9.17) is 4.52 Å². The molecule has 1 aromatic rings. The highest BCUT2D eigenvalue weighted by Crippen LogP contribution is 2.23. The molecule has 8 heteroatoms. The first-order chi connectivity index (χ1) is 12.0. The van der Waals surface area contributed by atoms with Gasteiger partial charge in [-0.2, -0.15) is 0 Å². The van der Waals surface area contributed by atoms with Crippen molar-refractivity contribution >= 4 is 17.7 Å². The lowest BCUT2D eigenvalue weighted by atomic mass is 9.96. The Balaban J connectivity index is 1.60. The number of carbonyl (C=O) groups is 3. The van der Waals surface area contributed by atoms with E-state index in [0.717, 1.165) is 19.3 Å². The molecule has 2 fully saturated rings. The fourth-order valence-electron chi connectivity index (χ4n) is 3.08. The van der Waals surface area contributed by atoms with Crippen molar-refractivity contribution in [2.75, 3.05) is 13.6 Å². The van der Waals surface area contributed by atoms with Crippen molar-refractivity contribution < 1.29 is 18.9 Å². The summed E-state index contributed by atoms with van der Waals surface area (Å²) in [5.74, 6) is -0.578. The van der Waals surface area contributed by atoms with Crippen LogP contribution in [0.4, 0.5) is 0 Å². The molecule has 3 amide bonds. The van der Waals surface area contributed by atoms with Crippen LogP contribution >= 0.6 is 0 Å². The summed E-state index contributed by atoms with van der Waals surface area (Å²) in [6, 6.07) is 1.61. The molecule has 2 atom stereocenters. The van der Waals surface area contributed by atoms with Gasteiger partial charge in [0.15, 0.2) is 0 Å². The lowest BCUT2D eigenvalue weighted by Gasteiger charge is -2.24. The third-order valence-corrected chi connectivity index (χ3v) is 4.74. The molecule has 2 unspecified atom stereocenters. The van der Waals surface area contributed by atoms with Crippen molar-refractivity contribution in [1.29, 1.82) is 0 Å². The van der Waals surface area contributed by atoms with E-state index in [0.29, 0.717) is 25.4 Å². The molecule has 0 bridgehead atoms. The SMILES string of the molecule is CN1CC(NC(=O)c2ccno2)CCCC(C(=O)NC2CC2)CC1=O. The van der Waals surface area contributed by atoms with Gasteiger partial charge in [0.1, 0.15) is 0 Å². The predicted molar refractivity (Wildman–Crippen MR) is 88.5 cm³/mol. The minimum absolute atomic E-state index is 0.0200. The van der Waals surface area contributed by atoms with Gasteiger partial charge in [0, 0.05) is 44.1 Å². The van der Waals surface area contributed by atoms with Gasteiger partial charge in [-0.15, -0.1) is 0 Å². The maximum absolute atomic E-state index is 12.4. The van der Waals surface area contributed by atoms with Gasteiger partial charge in [-0.05, 0) is 25.7 Å². The Morgan fingerprint density at radius 2 is 2.00 bits per heavy atom. The summed E-state index contributed by atoms with van der Waals surface area (Å²) in [6.45, 7) is 0.412. The van der Waals surface area contributed by atoms with Crippen molar-refractivity contribution in [1.82, 2.24) is 20.7 Å². The van der Waals surface area contributed by atoms with Crippen molar-refractivity contribution in [3.8, 4) is 0 Å². The average Bonchev–Trinajstić information content (AvgIpc) is 3.20. The first-order valence-corrected chi connectivity index (χ1v) is 8.79. The Kier molecular flexibility index (Phi) is 5.35. The molecule has 1 saturated heterocycles. The van der Waals surface area contributed by atoms with E-state index in [9.17, 15) is 14.4 Å². The molecule has 1 saturated carbocycles. The lowest BCUT2D eigenvalue weighted by Crippen LogP contribution is -2.44. The molecule has 8 nitrogen and oxygen atoms in total. The molecule has 1 aliphatic heterocycles. The molecule has 25 heavy (non-hydrogen) atoms. The van der Waals surface area contributed by atoms with Crippen molar-refractivity contribution in [2.24, 2.45) is 5.92 Å². The molecule has 0 aromatic carbocycles. The summed E-state index contributed by atoms with van der Waals surface area (Å²) in [5, 5.41) is 9.40. The van der Waals surface area contributed by atoms with Crippen LogP contribution in [-0.2, 0) is 9.59 Å². The molecule has 3 rings (SSSR count). The lowest BCUT2D eigenvalue weighted by molar-refractivity contribution is -0.135. The summed E-state index contributed by atoms with van der Waals surface area (Å²) < 4.78 is 4.86. The van der Waals surface area contributed by atoms with Crippen LogP contribution in [0.2, 0.25) is 0 Å². The third-order valence-electron chi connectivity index (χ3n) is 4.74. The molecule has 2 heterocycles. The van der Waals surface area contributed by atoms with Gasteiger partial charge < -0.3 is 20.1 Å². The van der Waals surface area contributed by atoms with Crippen LogP contribution in [-0.4, -0.2) is 53.5 Å². The second-order valence-electron chi connectivity index (χ2n) is 6.94. The molecule has 1 aliphatic carbocycles. The number of amides is 3. The number of rotatable bonds is 4. The highest BCUT2D eigenvalue weighted by molar-refractivity contribution is 5.91. The Morgan fingerprint density at radius 3 is 2.68 bits per heavy atom. The van der Waals surface area contributed by atoms with E-state index in [1.165, 1.54) is 12.3 Å². The molecule has 136 valence electrons. The highest BCUT2D eigenvalue weighted by Gasteiger charge is 2.31. The summed E-state index contributed by atoms with van der Waals surface area (Å²) in [4.78, 5) is 38.4. The maximum Gasteiger partial charge on any atom is 0.290 e. The van der Waals surface area contributed by atoms with E-state index < -0.39 is 0 Å². The first kappa shape index (κ1) is 17.4. The number of nitrogens with one attached hydrogen (secondary N) is 2. The summed E-state index contributed by atoms with van der Waals surface area (Å²) in [7, 11) is 1.71. The van der Waals surface area contributed by atoms with E-state index in [2.05, 4.69) is 15.8 Å². The molecular weight excluding hydrogens is 324 g/mol. The second kappa shape index (κ2) is 7.67. The molecule has 2 aliphatic rings. The van der Waals surface area contributed by atoms with E-state index in [-0.39, 0.29) is 41.9 Å². The van der Waals surface area contributed by atoms with Gasteiger partial charge >= 0.3 is 0 Å². The summed E-state index contributed by atoms with van der Waals surface area (Å²) >= 11 is 0. The molecule has 2 N–H and O–H groups in total. The zero-order valence-electron chi connectivity index (χ0n) is 14.4. The van der Waals surface area contributed by atoms with Crippen LogP contribution in [0.15, 0.2) is 16.8 Å². The zero-order valence-corrected chi connectivity index (χ0v) is 14.4. The van der Waals surface area contributed by atoms with Crippen LogP contribution in [0.25, 0.3) is 0 Å². The monoisotopic (exact) mass is 348 g/mol. The maximum atomic E-state index is 12.4. The Morgan fingerprint density at radius 1 is 1.20 bits per heavy atom. The van der Waals surface area contributed by atoms with Crippen LogP contribution in [0.3, 0.4) is 0 Å². The largest absolute Gasteiger partial charge is 0.353 e. The van der Waals surface area contributed by atoms with Crippen molar-refractivity contribution in [2.45, 2.75) is 50.6 Å². The number of likely N-dealkylation sites (N-methyl/N-ethyl adjacent to an activating group) is 1. The van der Waals surface area contributed by atoms with Gasteiger partial charge in [0.2, 0.25) is 17.6 Å². The fraction of sp³-hybridized carbons (Fsp3) is 0.647. The molecule has 0 spiro atoms. The van der Waals surface area contributed by atoms with Crippen molar-refractivity contribution in [3.05, 3.63) is 18.0 Å². The Bertz CT molecular complexity index is 627. The average molecular weight is 348 g/mol. The minimum atomic E-state index is -0.342. The van der Waals surface area contributed by atoms with Crippen LogP contribution < -0.4 is 10.6 Å². The predicted octanol–water partition coefficient (Wildman–Crippen LogP) is 0.700. The third kappa shape index (κ3) is 4.80. The number of hydrogen-bond acceptors (Lipinski definition) is 5. The van der Waals surface area contributed by atoms with Crippen LogP contribution in [0.1, 0.15) is 49.1 Å². The molecule has 0 radical (unpaired) electrons. The number of nitrogens with zero attached hydrogens (tertiary/aromatic N) is 2. The number of carbonyl (C=O) groups excluding carboxylic acids is 3. The Hall–Kier alpha value is -2.38. The van der Waals surface area contributed by atoms with Gasteiger partial charge in [0.25, 0.3) is 5.91 Å². The normalized spacial score (nSPS) is 24.8. The smallest absolute Gasteiger partial charge is 0.290 e. The van der Waals surface area contributed by atoms with Gasteiger partial charge in [-0.25, -0.2) is 0 Å². The first-order valence-electron chi connectivity index (χ1n) is 8.79. The number of hydrogen-bond donors (Lipinski definition) is 2. The van der Waals surface area contributed by atoms with Crippen LogP contribution in [0, 0.1) is 5.92 Å². The van der Waals surface area contributed by atoms with E-state index in [1.807, 2.05) is 0 Å². The zero-order chi connectivity index (χ0) is 17.8. The highest BCUT2D eigenvalue weighted by atomic mass is 16.5. The van der Waals surface area contributed by atoms with Gasteiger partial charge in [0.05, 0.1) is 6.20 Å². The van der Waals surface area contributed by atoms with Crippen molar-refractivity contribution in [3.63, 3.8) is 0 Å². The van der Waals surface area contributed by atoms with Gasteiger partial charge in [-0.1, -0.05) is 11.6 Å². The molecular formula is C17H24N4O4. The van der Waals surface area contributed by atoms with E-state index in [1.54, 1.807) is 11.9 Å². The van der Waals surface area contributed by atoms with Crippen LogP contribution in [0.5, 0.6) is 0 Å². The molecule has 1 aromatic heterocycles. The minimum Gasteiger partial charge on any atom is -0.353 e. The second-order valence-corrected chi connectivity index (χ2v) is 6.94. The summed E-state index contributed by atoms with van der Waals surface area (Å²) in [5.41, 5.74) is 0. The quantitative estimate of drug-likeness (QED) is 0.833.